The molecule has 0 aliphatic carbocycles. The predicted octanol–water partition coefficient (Wildman–Crippen LogP) is 5.25. The Morgan fingerprint density at radius 1 is 1.09 bits per heavy atom. The van der Waals surface area contributed by atoms with Crippen LogP contribution in [0.3, 0.4) is 0 Å². The molecular weight excluding hydrogens is 446 g/mol. The third kappa shape index (κ3) is 5.27. The van der Waals surface area contributed by atoms with Gasteiger partial charge in [0.05, 0.1) is 29.7 Å². The lowest BCUT2D eigenvalue weighted by atomic mass is 9.85. The number of nitro groups is 1. The average Bonchev–Trinajstić information content (AvgIpc) is 2.83. The zero-order chi connectivity index (χ0) is 25.2. The molecule has 0 saturated carbocycles. The van der Waals surface area contributed by atoms with Crippen LogP contribution < -0.4 is 10.1 Å². The van der Waals surface area contributed by atoms with Crippen molar-refractivity contribution in [3.05, 3.63) is 99.1 Å². The van der Waals surface area contributed by atoms with Gasteiger partial charge in [0.25, 0.3) is 11.6 Å². The highest BCUT2D eigenvalue weighted by molar-refractivity contribution is 6.17. The quantitative estimate of drug-likeness (QED) is 0.287. The molecule has 1 aliphatic heterocycles. The molecule has 8 nitrogen and oxygen atoms in total. The summed E-state index contributed by atoms with van der Waals surface area (Å²) >= 11 is 0. The Kier molecular flexibility index (Phi) is 6.46. The first-order valence-corrected chi connectivity index (χ1v) is 11.1. The maximum atomic E-state index is 13.2. The van der Waals surface area contributed by atoms with Crippen LogP contribution in [0.25, 0.3) is 0 Å². The van der Waals surface area contributed by atoms with Gasteiger partial charge in [-0.15, -0.1) is 0 Å². The van der Waals surface area contributed by atoms with Crippen molar-refractivity contribution in [2.75, 3.05) is 12.4 Å². The number of nitrogens with one attached hydrogen (secondary N) is 1. The molecule has 35 heavy (non-hydrogen) atoms. The second-order valence-electron chi connectivity index (χ2n) is 8.98. The molecule has 0 unspecified atom stereocenters. The highest BCUT2D eigenvalue weighted by atomic mass is 16.6. The van der Waals surface area contributed by atoms with Gasteiger partial charge < -0.3 is 10.1 Å². The molecule has 0 saturated heterocycles. The maximum Gasteiger partial charge on any atom is 0.282 e. The van der Waals surface area contributed by atoms with Crippen molar-refractivity contribution in [3.8, 4) is 5.75 Å². The van der Waals surface area contributed by atoms with Crippen molar-refractivity contribution in [3.63, 3.8) is 0 Å². The number of para-hydroxylation sites is 1. The molecule has 3 aromatic rings. The SMILES string of the molecule is COc1ccc2c(c1)C(CC(=O)c1cccc(NC(=O)c3ccccc3[N+](=O)[O-])c1)=NC(C)(C)C2. The summed E-state index contributed by atoms with van der Waals surface area (Å²) in [4.78, 5) is 41.4. The summed E-state index contributed by atoms with van der Waals surface area (Å²) in [5, 5.41) is 13.9. The first kappa shape index (κ1) is 23.8. The minimum Gasteiger partial charge on any atom is -0.497 e. The van der Waals surface area contributed by atoms with Crippen molar-refractivity contribution in [1.82, 2.24) is 0 Å². The van der Waals surface area contributed by atoms with Gasteiger partial charge in [0.15, 0.2) is 5.78 Å². The summed E-state index contributed by atoms with van der Waals surface area (Å²) in [6.07, 6.45) is 0.850. The minimum atomic E-state index is -0.624. The Balaban J connectivity index is 1.57. The van der Waals surface area contributed by atoms with Gasteiger partial charge >= 0.3 is 0 Å². The number of benzene rings is 3. The fourth-order valence-corrected chi connectivity index (χ4v) is 4.22. The number of carbonyl (C=O) groups excluding carboxylic acids is 2. The summed E-state index contributed by atoms with van der Waals surface area (Å²) in [5.74, 6) is -0.0818. The summed E-state index contributed by atoms with van der Waals surface area (Å²) in [5.41, 5.74) is 2.79. The van der Waals surface area contributed by atoms with Gasteiger partial charge in [-0.05, 0) is 56.2 Å². The number of methoxy groups -OCH3 is 1. The molecule has 0 fully saturated rings. The molecule has 8 heteroatoms. The van der Waals surface area contributed by atoms with E-state index in [1.54, 1.807) is 37.4 Å². The molecule has 0 bridgehead atoms. The second kappa shape index (κ2) is 9.50. The number of hydrogen-bond donors (Lipinski definition) is 1. The number of amides is 1. The number of ketones is 1. The Labute approximate surface area is 202 Å². The molecule has 0 spiro atoms. The van der Waals surface area contributed by atoms with Gasteiger partial charge in [-0.25, -0.2) is 0 Å². The van der Waals surface area contributed by atoms with E-state index >= 15 is 0 Å². The smallest absolute Gasteiger partial charge is 0.282 e. The van der Waals surface area contributed by atoms with Gasteiger partial charge in [0.2, 0.25) is 0 Å². The lowest BCUT2D eigenvalue weighted by Crippen LogP contribution is -2.30. The van der Waals surface area contributed by atoms with Crippen LogP contribution in [-0.2, 0) is 6.42 Å². The third-order valence-electron chi connectivity index (χ3n) is 5.80. The van der Waals surface area contributed by atoms with Gasteiger partial charge in [-0.2, -0.15) is 0 Å². The summed E-state index contributed by atoms with van der Waals surface area (Å²) < 4.78 is 5.36. The Bertz CT molecular complexity index is 1360. The van der Waals surface area contributed by atoms with Crippen molar-refractivity contribution < 1.29 is 19.2 Å². The topological polar surface area (TPSA) is 111 Å². The van der Waals surface area contributed by atoms with E-state index in [2.05, 4.69) is 5.32 Å². The van der Waals surface area contributed by atoms with Crippen LogP contribution in [0.2, 0.25) is 0 Å². The Morgan fingerprint density at radius 3 is 2.60 bits per heavy atom. The molecule has 0 radical (unpaired) electrons. The van der Waals surface area contributed by atoms with Crippen molar-refractivity contribution in [1.29, 1.82) is 0 Å². The second-order valence-corrected chi connectivity index (χ2v) is 8.98. The molecule has 178 valence electrons. The van der Waals surface area contributed by atoms with Crippen LogP contribution in [0.5, 0.6) is 5.75 Å². The minimum absolute atomic E-state index is 0.0569. The number of nitrogens with zero attached hydrogens (tertiary/aromatic N) is 2. The van der Waals surface area contributed by atoms with Gasteiger partial charge in [-0.1, -0.05) is 30.3 Å². The monoisotopic (exact) mass is 471 g/mol. The number of fused-ring (bicyclic) bond motifs is 1. The number of anilines is 1. The molecule has 4 rings (SSSR count). The highest BCUT2D eigenvalue weighted by Crippen LogP contribution is 2.31. The number of carbonyl (C=O) groups is 2. The molecule has 3 aromatic carbocycles. The summed E-state index contributed by atoms with van der Waals surface area (Å²) in [6.45, 7) is 4.06. The van der Waals surface area contributed by atoms with Crippen LogP contribution >= 0.6 is 0 Å². The zero-order valence-corrected chi connectivity index (χ0v) is 19.7. The van der Waals surface area contributed by atoms with E-state index in [9.17, 15) is 19.7 Å². The molecule has 1 amide bonds. The maximum absolute atomic E-state index is 13.2. The van der Waals surface area contributed by atoms with Crippen molar-refractivity contribution in [2.45, 2.75) is 32.2 Å². The normalized spacial score (nSPS) is 13.9. The van der Waals surface area contributed by atoms with E-state index in [0.29, 0.717) is 22.7 Å². The van der Waals surface area contributed by atoms with Crippen molar-refractivity contribution >= 4 is 28.8 Å². The predicted molar refractivity (Wildman–Crippen MR) is 134 cm³/mol. The van der Waals surface area contributed by atoms with E-state index in [1.807, 2.05) is 32.0 Å². The van der Waals surface area contributed by atoms with Crippen LogP contribution in [0.4, 0.5) is 11.4 Å². The van der Waals surface area contributed by atoms with Gasteiger partial charge in [0.1, 0.15) is 11.3 Å². The summed E-state index contributed by atoms with van der Waals surface area (Å²) in [7, 11) is 1.60. The molecule has 0 aromatic heterocycles. The van der Waals surface area contributed by atoms with E-state index in [4.69, 9.17) is 9.73 Å². The first-order chi connectivity index (χ1) is 16.7. The third-order valence-corrected chi connectivity index (χ3v) is 5.80. The molecule has 1 heterocycles. The summed E-state index contributed by atoms with van der Waals surface area (Å²) in [6, 6.07) is 18.1. The molecule has 0 atom stereocenters. The standard InChI is InChI=1S/C27H25N3O5/c1-27(2)16-18-11-12-20(35-3)14-22(18)23(29-27)15-25(31)17-7-6-8-19(13-17)28-26(32)21-9-4-5-10-24(21)30(33)34/h4-14H,15-16H2,1-3H3,(H,28,32). The van der Waals surface area contributed by atoms with Crippen LogP contribution in [0.15, 0.2) is 71.7 Å². The number of ether oxygens (including phenoxy) is 1. The number of Topliss-reactive ketones (excluding diaryl/α,β-unsaturated/α-hetero) is 1. The van der Waals surface area contributed by atoms with Crippen LogP contribution in [0.1, 0.15) is 52.1 Å². The average molecular weight is 472 g/mol. The number of aliphatic imine (C=N–C) groups is 1. The lowest BCUT2D eigenvalue weighted by molar-refractivity contribution is -0.385. The number of nitro benzene ring substituents is 1. The van der Waals surface area contributed by atoms with E-state index < -0.39 is 10.8 Å². The van der Waals surface area contributed by atoms with Gasteiger partial charge in [0, 0.05) is 22.9 Å². The van der Waals surface area contributed by atoms with Crippen LogP contribution in [-0.4, -0.2) is 35.0 Å². The van der Waals surface area contributed by atoms with Crippen LogP contribution in [0, 0.1) is 10.1 Å². The molecular formula is C27H25N3O5. The lowest BCUT2D eigenvalue weighted by Gasteiger charge is -2.29. The van der Waals surface area contributed by atoms with Crippen molar-refractivity contribution in [2.24, 2.45) is 4.99 Å². The van der Waals surface area contributed by atoms with E-state index in [1.165, 1.54) is 18.2 Å². The first-order valence-electron chi connectivity index (χ1n) is 11.1. The van der Waals surface area contributed by atoms with E-state index in [0.717, 1.165) is 17.5 Å². The fraction of sp³-hybridized carbons (Fsp3) is 0.222. The fourth-order valence-electron chi connectivity index (χ4n) is 4.22. The number of hydrogen-bond acceptors (Lipinski definition) is 6. The Morgan fingerprint density at radius 2 is 1.86 bits per heavy atom. The largest absolute Gasteiger partial charge is 0.497 e. The Hall–Kier alpha value is -4.33. The zero-order valence-electron chi connectivity index (χ0n) is 19.7. The highest BCUT2D eigenvalue weighted by Gasteiger charge is 2.28. The van der Waals surface area contributed by atoms with E-state index in [-0.39, 0.29) is 29.0 Å². The molecule has 1 N–H and O–H groups in total. The number of rotatable bonds is 7. The van der Waals surface area contributed by atoms with Gasteiger partial charge in [-0.3, -0.25) is 24.7 Å². The molecule has 1 aliphatic rings.